The van der Waals surface area contributed by atoms with Crippen LogP contribution in [-0.2, 0) is 14.4 Å². The van der Waals surface area contributed by atoms with E-state index in [9.17, 15) is 4.79 Å². The van der Waals surface area contributed by atoms with Crippen molar-refractivity contribution in [3.8, 4) is 0 Å². The van der Waals surface area contributed by atoms with Crippen molar-refractivity contribution in [1.82, 2.24) is 0 Å². The van der Waals surface area contributed by atoms with E-state index in [2.05, 4.69) is 0 Å². The van der Waals surface area contributed by atoms with Gasteiger partial charge in [-0.25, -0.2) is 0 Å². The van der Waals surface area contributed by atoms with E-state index in [0.717, 1.165) is 19.4 Å². The lowest BCUT2D eigenvalue weighted by Crippen LogP contribution is -2.45. The van der Waals surface area contributed by atoms with Gasteiger partial charge in [0.1, 0.15) is 0 Å². The molecule has 7 heteroatoms. The molecule has 1 atom stereocenters. The van der Waals surface area contributed by atoms with E-state index in [4.69, 9.17) is 31.3 Å². The number of hydrogen-bond acceptors (Lipinski definition) is 5. The third kappa shape index (κ3) is 8.25. The van der Waals surface area contributed by atoms with E-state index < -0.39 is 11.9 Å². The van der Waals surface area contributed by atoms with Crippen LogP contribution >= 0.6 is 0 Å². The third-order valence-corrected chi connectivity index (χ3v) is 2.65. The molecule has 20 heavy (non-hydrogen) atoms. The molecule has 0 aliphatic heterocycles. The molecule has 6 N–H and O–H groups in total. The Labute approximate surface area is 118 Å². The second kappa shape index (κ2) is 8.31. The molecule has 1 aliphatic carbocycles. The summed E-state index contributed by atoms with van der Waals surface area (Å²) in [5.74, 6) is -1.64. The summed E-state index contributed by atoms with van der Waals surface area (Å²) in [4.78, 5) is 29.3. The van der Waals surface area contributed by atoms with Crippen LogP contribution in [0.4, 0.5) is 0 Å². The molecule has 0 heterocycles. The van der Waals surface area contributed by atoms with Gasteiger partial charge in [-0.05, 0) is 17.9 Å². The van der Waals surface area contributed by atoms with Gasteiger partial charge in [-0.1, -0.05) is 13.8 Å². The van der Waals surface area contributed by atoms with E-state index in [1.165, 1.54) is 0 Å². The molecule has 116 valence electrons. The van der Waals surface area contributed by atoms with Crippen LogP contribution < -0.4 is 11.5 Å². The Bertz CT molecular complexity index is 393. The predicted molar refractivity (Wildman–Crippen MR) is 74.9 cm³/mol. The summed E-state index contributed by atoms with van der Waals surface area (Å²) in [7, 11) is 0. The van der Waals surface area contributed by atoms with Gasteiger partial charge in [-0.2, -0.15) is 0 Å². The van der Waals surface area contributed by atoms with Crippen molar-refractivity contribution < 1.29 is 24.6 Å². The molecule has 0 saturated carbocycles. The summed E-state index contributed by atoms with van der Waals surface area (Å²) >= 11 is 0. The van der Waals surface area contributed by atoms with Crippen molar-refractivity contribution in [2.45, 2.75) is 47.1 Å². The smallest absolute Gasteiger partial charge is 0.300 e. The number of rotatable bonds is 0. The lowest BCUT2D eigenvalue weighted by atomic mass is 9.72. The first-order chi connectivity index (χ1) is 8.82. The van der Waals surface area contributed by atoms with Gasteiger partial charge >= 0.3 is 0 Å². The summed E-state index contributed by atoms with van der Waals surface area (Å²) in [6, 6.07) is -0.0878. The fourth-order valence-electron chi connectivity index (χ4n) is 1.59. The van der Waals surface area contributed by atoms with Crippen molar-refractivity contribution in [2.24, 2.45) is 16.9 Å². The Morgan fingerprint density at radius 2 is 1.50 bits per heavy atom. The number of carbonyl (C=O) groups is 3. The molecule has 0 spiro atoms. The molecular formula is C13H24N2O5. The van der Waals surface area contributed by atoms with Gasteiger partial charge < -0.3 is 21.7 Å². The molecule has 1 aliphatic rings. The molecule has 0 aromatic rings. The molecule has 1 rings (SSSR count). The first kappa shape index (κ1) is 20.4. The highest BCUT2D eigenvalue weighted by molar-refractivity contribution is 5.96. The first-order valence-corrected chi connectivity index (χ1v) is 5.97. The molecule has 7 nitrogen and oxygen atoms in total. The Morgan fingerprint density at radius 1 is 1.20 bits per heavy atom. The molecule has 0 aromatic carbocycles. The fraction of sp³-hybridized carbons (Fsp3) is 0.615. The van der Waals surface area contributed by atoms with Crippen molar-refractivity contribution >= 4 is 17.7 Å². The zero-order chi connectivity index (χ0) is 16.7. The highest BCUT2D eigenvalue weighted by atomic mass is 16.4. The molecule has 0 bridgehead atoms. The summed E-state index contributed by atoms with van der Waals surface area (Å²) < 4.78 is 0. The fourth-order valence-corrected chi connectivity index (χ4v) is 1.59. The predicted octanol–water partition coefficient (Wildman–Crippen LogP) is 0.727. The topological polar surface area (TPSA) is 144 Å². The van der Waals surface area contributed by atoms with E-state index in [1.54, 1.807) is 0 Å². The number of Topliss-reactive ketones (excluding diaryl/α,β-unsaturated/α-hetero) is 1. The number of carboxylic acid groups (broad SMARTS) is 2. The van der Waals surface area contributed by atoms with Crippen molar-refractivity contribution in [1.29, 1.82) is 0 Å². The molecule has 0 radical (unpaired) electrons. The molecular weight excluding hydrogens is 264 g/mol. The second-order valence-corrected chi connectivity index (χ2v) is 5.20. The Balaban J connectivity index is 0. The minimum absolute atomic E-state index is 0.0270. The summed E-state index contributed by atoms with van der Waals surface area (Å²) in [5.41, 5.74) is 12.5. The zero-order valence-corrected chi connectivity index (χ0v) is 12.6. The molecule has 0 saturated heterocycles. The summed E-state index contributed by atoms with van der Waals surface area (Å²) in [5, 5.41) is 14.8. The zero-order valence-electron chi connectivity index (χ0n) is 12.6. The van der Waals surface area contributed by atoms with Crippen molar-refractivity contribution in [2.75, 3.05) is 0 Å². The van der Waals surface area contributed by atoms with Crippen LogP contribution in [0.15, 0.2) is 11.3 Å². The number of hydrogen-bond donors (Lipinski definition) is 4. The maximum absolute atomic E-state index is 11.3. The number of carboxylic acids is 2. The maximum Gasteiger partial charge on any atom is 0.300 e. The van der Waals surface area contributed by atoms with Crippen LogP contribution in [0.1, 0.15) is 41.0 Å². The minimum Gasteiger partial charge on any atom is -0.481 e. The van der Waals surface area contributed by atoms with Gasteiger partial charge in [0.05, 0.1) is 5.70 Å². The minimum atomic E-state index is -0.833. The van der Waals surface area contributed by atoms with Gasteiger partial charge in [0.15, 0.2) is 5.78 Å². The number of carbonyl (C=O) groups excluding carboxylic acids is 1. The Morgan fingerprint density at radius 3 is 1.80 bits per heavy atom. The highest BCUT2D eigenvalue weighted by Gasteiger charge is 2.36. The molecule has 0 aromatic heterocycles. The average molecular weight is 288 g/mol. The SMILES string of the molecule is CC(=O)O.CC(=O)O.CC1=C(N)C(=O)CC(C)(C)C1N. The first-order valence-electron chi connectivity index (χ1n) is 5.97. The monoisotopic (exact) mass is 288 g/mol. The van der Waals surface area contributed by atoms with Gasteiger partial charge in [0.2, 0.25) is 0 Å². The number of allylic oxidation sites excluding steroid dienone is 1. The maximum atomic E-state index is 11.3. The summed E-state index contributed by atoms with van der Waals surface area (Å²) in [6.45, 7) is 7.98. The van der Waals surface area contributed by atoms with Crippen molar-refractivity contribution in [3.63, 3.8) is 0 Å². The number of aliphatic carboxylic acids is 2. The number of ketones is 1. The van der Waals surface area contributed by atoms with Crippen LogP contribution in [-0.4, -0.2) is 34.0 Å². The average Bonchev–Trinajstić information content (AvgIpc) is 2.22. The van der Waals surface area contributed by atoms with Crippen LogP contribution in [0.5, 0.6) is 0 Å². The van der Waals surface area contributed by atoms with Gasteiger partial charge in [-0.15, -0.1) is 0 Å². The normalized spacial score (nSPS) is 20.1. The van der Waals surface area contributed by atoms with Gasteiger partial charge in [-0.3, -0.25) is 14.4 Å². The highest BCUT2D eigenvalue weighted by Crippen LogP contribution is 2.33. The van der Waals surface area contributed by atoms with Gasteiger partial charge in [0, 0.05) is 26.3 Å². The van der Waals surface area contributed by atoms with E-state index in [0.29, 0.717) is 12.1 Å². The Hall–Kier alpha value is -1.89. The van der Waals surface area contributed by atoms with E-state index in [1.807, 2.05) is 20.8 Å². The van der Waals surface area contributed by atoms with Gasteiger partial charge in [0.25, 0.3) is 11.9 Å². The van der Waals surface area contributed by atoms with E-state index >= 15 is 0 Å². The number of nitrogens with two attached hydrogens (primary N) is 2. The van der Waals surface area contributed by atoms with Crippen LogP contribution in [0.25, 0.3) is 0 Å². The van der Waals surface area contributed by atoms with E-state index in [-0.39, 0.29) is 17.2 Å². The lowest BCUT2D eigenvalue weighted by molar-refractivity contribution is -0.135. The Kier molecular flexibility index (Phi) is 8.49. The van der Waals surface area contributed by atoms with Crippen LogP contribution in [0, 0.1) is 5.41 Å². The third-order valence-electron chi connectivity index (χ3n) is 2.65. The summed E-state index contributed by atoms with van der Waals surface area (Å²) in [6.07, 6.45) is 0.456. The standard InChI is InChI=1S/C9H16N2O.2C2H4O2/c1-5-7(10)6(12)4-9(2,3)8(5)11;2*1-2(3)4/h8H,4,10-11H2,1-3H3;2*1H3,(H,3,4). The molecule has 0 fully saturated rings. The van der Waals surface area contributed by atoms with Crippen LogP contribution in [0.2, 0.25) is 0 Å². The molecule has 0 amide bonds. The second-order valence-electron chi connectivity index (χ2n) is 5.20. The quantitative estimate of drug-likeness (QED) is 0.514. The lowest BCUT2D eigenvalue weighted by Gasteiger charge is -2.36. The molecule has 1 unspecified atom stereocenters. The largest absolute Gasteiger partial charge is 0.481 e. The van der Waals surface area contributed by atoms with Crippen molar-refractivity contribution in [3.05, 3.63) is 11.3 Å². The van der Waals surface area contributed by atoms with Crippen LogP contribution in [0.3, 0.4) is 0 Å².